The van der Waals surface area contributed by atoms with Crippen LogP contribution in [0.15, 0.2) is 18.5 Å². The van der Waals surface area contributed by atoms with Crippen LogP contribution in [0.25, 0.3) is 0 Å². The molecule has 0 atom stereocenters. The van der Waals surface area contributed by atoms with Crippen molar-refractivity contribution in [3.8, 4) is 6.07 Å². The summed E-state index contributed by atoms with van der Waals surface area (Å²) in [6, 6.07) is 4.00. The molecule has 0 spiro atoms. The fourth-order valence-electron chi connectivity index (χ4n) is 2.36. The lowest BCUT2D eigenvalue weighted by Gasteiger charge is -2.38. The zero-order valence-electron chi connectivity index (χ0n) is 12.9. The van der Waals surface area contributed by atoms with E-state index in [1.807, 2.05) is 12.1 Å². The quantitative estimate of drug-likeness (QED) is 0.909. The second kappa shape index (κ2) is 4.98. The van der Waals surface area contributed by atoms with Gasteiger partial charge in [-0.3, -0.25) is 14.6 Å². The van der Waals surface area contributed by atoms with E-state index in [1.54, 1.807) is 15.8 Å². The summed E-state index contributed by atoms with van der Waals surface area (Å²) in [6.07, 6.45) is 3.24. The molecule has 1 fully saturated rings. The van der Waals surface area contributed by atoms with Crippen LogP contribution in [0.1, 0.15) is 48.6 Å². The van der Waals surface area contributed by atoms with E-state index in [4.69, 9.17) is 5.26 Å². The summed E-state index contributed by atoms with van der Waals surface area (Å²) in [5, 5.41) is 20.0. The number of nitriles is 1. The van der Waals surface area contributed by atoms with Crippen molar-refractivity contribution in [3.63, 3.8) is 0 Å². The third kappa shape index (κ3) is 2.48. The first-order valence-electron chi connectivity index (χ1n) is 7.18. The van der Waals surface area contributed by atoms with Gasteiger partial charge in [0.05, 0.1) is 17.8 Å². The first-order chi connectivity index (χ1) is 10.4. The maximum absolute atomic E-state index is 12.4. The van der Waals surface area contributed by atoms with E-state index in [0.717, 1.165) is 5.69 Å². The Hall–Kier alpha value is -2.62. The number of hydrogen-bond acceptors (Lipinski definition) is 4. The lowest BCUT2D eigenvalue weighted by molar-refractivity contribution is 0.0495. The van der Waals surface area contributed by atoms with Gasteiger partial charge in [-0.05, 0) is 6.07 Å². The Morgan fingerprint density at radius 3 is 2.73 bits per heavy atom. The smallest absolute Gasteiger partial charge is 0.274 e. The average Bonchev–Trinajstić information content (AvgIpc) is 3.05. The van der Waals surface area contributed by atoms with Crippen molar-refractivity contribution < 1.29 is 4.79 Å². The molecule has 0 bridgehead atoms. The zero-order chi connectivity index (χ0) is 15.9. The van der Waals surface area contributed by atoms with Gasteiger partial charge < -0.3 is 4.90 Å². The molecule has 3 rings (SSSR count). The van der Waals surface area contributed by atoms with Gasteiger partial charge in [0, 0.05) is 30.4 Å². The van der Waals surface area contributed by atoms with Gasteiger partial charge in [-0.15, -0.1) is 0 Å². The Balaban J connectivity index is 1.64. The number of aromatic amines is 1. The monoisotopic (exact) mass is 298 g/mol. The van der Waals surface area contributed by atoms with Crippen LogP contribution in [-0.4, -0.2) is 43.9 Å². The Kier molecular flexibility index (Phi) is 3.24. The molecule has 7 nitrogen and oxygen atoms in total. The normalized spacial score (nSPS) is 15.5. The molecule has 0 unspecified atom stereocenters. The maximum atomic E-state index is 12.4. The summed E-state index contributed by atoms with van der Waals surface area (Å²) in [5.41, 5.74) is 1.86. The SMILES string of the molecule is CC(C)(C)c1cc(C(=O)N2CC(n3cc(C#N)cn3)C2)n[nH]1. The van der Waals surface area contributed by atoms with Gasteiger partial charge in [-0.2, -0.15) is 15.5 Å². The highest BCUT2D eigenvalue weighted by atomic mass is 16.2. The average molecular weight is 298 g/mol. The van der Waals surface area contributed by atoms with Crippen LogP contribution in [-0.2, 0) is 5.41 Å². The Morgan fingerprint density at radius 1 is 1.45 bits per heavy atom. The molecule has 7 heteroatoms. The molecular formula is C15H18N6O. The van der Waals surface area contributed by atoms with E-state index in [0.29, 0.717) is 24.3 Å². The predicted molar refractivity (Wildman–Crippen MR) is 79.2 cm³/mol. The largest absolute Gasteiger partial charge is 0.333 e. The molecule has 22 heavy (non-hydrogen) atoms. The standard InChI is InChI=1S/C15H18N6O/c1-15(2,3)13-4-12(18-19-13)14(22)20-8-11(9-20)21-7-10(5-16)6-17-21/h4,6-7,11H,8-9H2,1-3H3,(H,18,19). The first kappa shape index (κ1) is 14.3. The van der Waals surface area contributed by atoms with Crippen LogP contribution in [0, 0.1) is 11.3 Å². The number of likely N-dealkylation sites (tertiary alicyclic amines) is 1. The molecule has 0 saturated carbocycles. The molecule has 1 amide bonds. The minimum Gasteiger partial charge on any atom is -0.333 e. The fourth-order valence-corrected chi connectivity index (χ4v) is 2.36. The van der Waals surface area contributed by atoms with E-state index >= 15 is 0 Å². The van der Waals surface area contributed by atoms with Gasteiger partial charge in [-0.25, -0.2) is 0 Å². The number of rotatable bonds is 2. The molecule has 0 aromatic carbocycles. The van der Waals surface area contributed by atoms with Gasteiger partial charge in [0.1, 0.15) is 11.8 Å². The summed E-state index contributed by atoms with van der Waals surface area (Å²) < 4.78 is 1.74. The van der Waals surface area contributed by atoms with E-state index in [9.17, 15) is 4.79 Å². The minimum absolute atomic E-state index is 0.0637. The van der Waals surface area contributed by atoms with Crippen LogP contribution < -0.4 is 0 Å². The van der Waals surface area contributed by atoms with Gasteiger partial charge in [-0.1, -0.05) is 20.8 Å². The van der Waals surface area contributed by atoms with Crippen LogP contribution in [0.3, 0.4) is 0 Å². The van der Waals surface area contributed by atoms with Crippen LogP contribution in [0.4, 0.5) is 0 Å². The van der Waals surface area contributed by atoms with Crippen molar-refractivity contribution in [1.82, 2.24) is 24.9 Å². The second-order valence-electron chi connectivity index (χ2n) is 6.60. The van der Waals surface area contributed by atoms with Crippen molar-refractivity contribution in [1.29, 1.82) is 5.26 Å². The topological polar surface area (TPSA) is 90.6 Å². The molecule has 0 radical (unpaired) electrons. The molecule has 1 saturated heterocycles. The highest BCUT2D eigenvalue weighted by Gasteiger charge is 2.34. The Morgan fingerprint density at radius 2 is 2.18 bits per heavy atom. The van der Waals surface area contributed by atoms with Crippen molar-refractivity contribution in [3.05, 3.63) is 35.4 Å². The number of hydrogen-bond donors (Lipinski definition) is 1. The molecule has 2 aromatic heterocycles. The van der Waals surface area contributed by atoms with E-state index < -0.39 is 0 Å². The first-order valence-corrected chi connectivity index (χ1v) is 7.18. The lowest BCUT2D eigenvalue weighted by Crippen LogP contribution is -2.51. The number of nitrogens with one attached hydrogen (secondary N) is 1. The second-order valence-corrected chi connectivity index (χ2v) is 6.60. The number of aromatic nitrogens is 4. The molecule has 1 aliphatic rings. The Labute approximate surface area is 128 Å². The summed E-state index contributed by atoms with van der Waals surface area (Å²) in [5.74, 6) is -0.0735. The number of H-pyrrole nitrogens is 1. The zero-order valence-corrected chi connectivity index (χ0v) is 12.9. The summed E-state index contributed by atoms with van der Waals surface area (Å²) in [7, 11) is 0. The molecule has 0 aliphatic carbocycles. The van der Waals surface area contributed by atoms with E-state index in [1.165, 1.54) is 6.20 Å². The van der Waals surface area contributed by atoms with E-state index in [-0.39, 0.29) is 17.4 Å². The highest BCUT2D eigenvalue weighted by molar-refractivity contribution is 5.93. The fraction of sp³-hybridized carbons (Fsp3) is 0.467. The molecule has 3 heterocycles. The van der Waals surface area contributed by atoms with Gasteiger partial charge in [0.25, 0.3) is 5.91 Å². The van der Waals surface area contributed by atoms with Crippen LogP contribution in [0.2, 0.25) is 0 Å². The maximum Gasteiger partial charge on any atom is 0.274 e. The van der Waals surface area contributed by atoms with Crippen LogP contribution >= 0.6 is 0 Å². The number of carbonyl (C=O) groups is 1. The summed E-state index contributed by atoms with van der Waals surface area (Å²) in [4.78, 5) is 14.1. The van der Waals surface area contributed by atoms with Gasteiger partial charge in [0.15, 0.2) is 0 Å². The number of amides is 1. The molecule has 2 aromatic rings. The molecule has 1 N–H and O–H groups in total. The summed E-state index contributed by atoms with van der Waals surface area (Å²) in [6.45, 7) is 7.38. The number of carbonyl (C=O) groups excluding carboxylic acids is 1. The van der Waals surface area contributed by atoms with Crippen LogP contribution in [0.5, 0.6) is 0 Å². The lowest BCUT2D eigenvalue weighted by atomic mass is 9.92. The van der Waals surface area contributed by atoms with Crippen molar-refractivity contribution in [2.75, 3.05) is 13.1 Å². The van der Waals surface area contributed by atoms with Crippen molar-refractivity contribution >= 4 is 5.91 Å². The minimum atomic E-state index is -0.0735. The predicted octanol–water partition coefficient (Wildman–Crippen LogP) is 1.47. The molecule has 114 valence electrons. The van der Waals surface area contributed by atoms with Gasteiger partial charge >= 0.3 is 0 Å². The van der Waals surface area contributed by atoms with Crippen molar-refractivity contribution in [2.45, 2.75) is 32.2 Å². The number of nitrogens with zero attached hydrogens (tertiary/aromatic N) is 5. The summed E-state index contributed by atoms with van der Waals surface area (Å²) >= 11 is 0. The van der Waals surface area contributed by atoms with Gasteiger partial charge in [0.2, 0.25) is 0 Å². The third-order valence-corrected chi connectivity index (χ3v) is 3.86. The molecular weight excluding hydrogens is 280 g/mol. The molecule has 1 aliphatic heterocycles. The van der Waals surface area contributed by atoms with E-state index in [2.05, 4.69) is 36.1 Å². The highest BCUT2D eigenvalue weighted by Crippen LogP contribution is 2.25. The van der Waals surface area contributed by atoms with Crippen molar-refractivity contribution in [2.24, 2.45) is 0 Å². The third-order valence-electron chi connectivity index (χ3n) is 3.86. The Bertz CT molecular complexity index is 739.